The molecule has 0 saturated heterocycles. The van der Waals surface area contributed by atoms with Gasteiger partial charge in [0.05, 0.1) is 43.0 Å². The van der Waals surface area contributed by atoms with Crippen molar-refractivity contribution in [2.45, 2.75) is 5.92 Å². The minimum atomic E-state index is -0.952. The van der Waals surface area contributed by atoms with Gasteiger partial charge >= 0.3 is 11.9 Å². The number of phenols is 1. The largest absolute Gasteiger partial charge is 0.508 e. The van der Waals surface area contributed by atoms with Crippen LogP contribution in [0.4, 0.5) is 5.69 Å². The summed E-state index contributed by atoms with van der Waals surface area (Å²) in [6, 6.07) is 20.9. The van der Waals surface area contributed by atoms with Crippen LogP contribution in [0.3, 0.4) is 0 Å². The predicted octanol–water partition coefficient (Wildman–Crippen LogP) is 3.44. The topological polar surface area (TPSA) is 126 Å². The van der Waals surface area contributed by atoms with E-state index < -0.39 is 17.9 Å². The van der Waals surface area contributed by atoms with E-state index in [4.69, 9.17) is 15.2 Å². The number of nitrogens with zero attached hydrogens (tertiary/aromatic N) is 2. The van der Waals surface area contributed by atoms with Crippen molar-refractivity contribution < 1.29 is 24.2 Å². The highest BCUT2D eigenvalue weighted by Gasteiger charge is 2.43. The van der Waals surface area contributed by atoms with E-state index in [0.29, 0.717) is 16.6 Å². The molecule has 4 rings (SSSR count). The van der Waals surface area contributed by atoms with Gasteiger partial charge in [-0.3, -0.25) is 4.90 Å². The molecule has 1 heterocycles. The van der Waals surface area contributed by atoms with E-state index in [1.807, 2.05) is 6.07 Å². The molecule has 170 valence electrons. The van der Waals surface area contributed by atoms with Crippen molar-refractivity contribution in [2.24, 2.45) is 5.73 Å². The number of methoxy groups -OCH3 is 2. The third kappa shape index (κ3) is 3.59. The van der Waals surface area contributed by atoms with Gasteiger partial charge in [-0.25, -0.2) is 9.59 Å². The van der Waals surface area contributed by atoms with Crippen molar-refractivity contribution in [3.63, 3.8) is 0 Å². The van der Waals surface area contributed by atoms with Gasteiger partial charge in [0.2, 0.25) is 0 Å². The normalized spacial score (nSPS) is 15.8. The summed E-state index contributed by atoms with van der Waals surface area (Å²) in [5.74, 6) is -2.63. The van der Waals surface area contributed by atoms with Crippen LogP contribution in [0.15, 0.2) is 89.4 Å². The van der Waals surface area contributed by atoms with Crippen LogP contribution in [0.25, 0.3) is 10.8 Å². The Bertz CT molecular complexity index is 1400. The van der Waals surface area contributed by atoms with Crippen LogP contribution < -0.4 is 10.6 Å². The van der Waals surface area contributed by atoms with Gasteiger partial charge in [0.1, 0.15) is 17.3 Å². The maximum Gasteiger partial charge on any atom is 0.355 e. The fraction of sp³-hybridized carbons (Fsp3) is 0.115. The number of fused-ring (bicyclic) bond motifs is 1. The fourth-order valence-corrected chi connectivity index (χ4v) is 4.20. The van der Waals surface area contributed by atoms with Gasteiger partial charge in [0, 0.05) is 5.39 Å². The molecule has 8 nitrogen and oxygen atoms in total. The van der Waals surface area contributed by atoms with Crippen molar-refractivity contribution in [1.29, 1.82) is 5.26 Å². The van der Waals surface area contributed by atoms with E-state index in [2.05, 4.69) is 6.07 Å². The van der Waals surface area contributed by atoms with Gasteiger partial charge in [-0.15, -0.1) is 0 Å². The molecule has 1 atom stereocenters. The number of anilines is 1. The van der Waals surface area contributed by atoms with E-state index in [1.165, 1.54) is 31.3 Å². The van der Waals surface area contributed by atoms with Crippen molar-refractivity contribution >= 4 is 28.4 Å². The third-order valence-corrected chi connectivity index (χ3v) is 5.69. The highest BCUT2D eigenvalue weighted by molar-refractivity contribution is 6.08. The Labute approximate surface area is 195 Å². The summed E-state index contributed by atoms with van der Waals surface area (Å²) in [6.45, 7) is 0. The number of aromatic hydroxyl groups is 1. The van der Waals surface area contributed by atoms with Crippen molar-refractivity contribution in [2.75, 3.05) is 19.1 Å². The zero-order chi connectivity index (χ0) is 24.4. The molecule has 0 spiro atoms. The second-order valence-corrected chi connectivity index (χ2v) is 7.52. The Balaban J connectivity index is 2.13. The van der Waals surface area contributed by atoms with Crippen LogP contribution in [0, 0.1) is 11.3 Å². The number of carbonyl (C=O) groups excluding carboxylic acids is 2. The smallest absolute Gasteiger partial charge is 0.355 e. The molecule has 0 bridgehead atoms. The van der Waals surface area contributed by atoms with Crippen LogP contribution in [0.5, 0.6) is 5.75 Å². The summed E-state index contributed by atoms with van der Waals surface area (Å²) in [6.07, 6.45) is 0. The number of allylic oxidation sites excluding steroid dienone is 1. The summed E-state index contributed by atoms with van der Waals surface area (Å²) in [5, 5.41) is 21.5. The third-order valence-electron chi connectivity index (χ3n) is 5.69. The molecule has 0 amide bonds. The number of hydrogen-bond acceptors (Lipinski definition) is 8. The zero-order valence-electron chi connectivity index (χ0n) is 18.5. The molecule has 1 aliphatic heterocycles. The molecule has 34 heavy (non-hydrogen) atoms. The number of ether oxygens (including phenoxy) is 2. The minimum absolute atomic E-state index is 0.000955. The molecule has 0 fully saturated rings. The Morgan fingerprint density at radius 1 is 1.00 bits per heavy atom. The molecule has 3 N–H and O–H groups in total. The lowest BCUT2D eigenvalue weighted by atomic mass is 9.80. The molecule has 0 aliphatic carbocycles. The number of nitrogens with two attached hydrogens (primary N) is 1. The number of benzene rings is 3. The lowest BCUT2D eigenvalue weighted by Crippen LogP contribution is -2.40. The average Bonchev–Trinajstić information content (AvgIpc) is 2.87. The predicted molar refractivity (Wildman–Crippen MR) is 125 cm³/mol. The zero-order valence-corrected chi connectivity index (χ0v) is 18.5. The van der Waals surface area contributed by atoms with Gasteiger partial charge in [0.15, 0.2) is 0 Å². The number of esters is 2. The van der Waals surface area contributed by atoms with Crippen LogP contribution >= 0.6 is 0 Å². The number of hydrogen-bond donors (Lipinski definition) is 2. The minimum Gasteiger partial charge on any atom is -0.508 e. The highest BCUT2D eigenvalue weighted by Crippen LogP contribution is 2.44. The van der Waals surface area contributed by atoms with Gasteiger partial charge in [-0.2, -0.15) is 5.26 Å². The lowest BCUT2D eigenvalue weighted by Gasteiger charge is -2.36. The van der Waals surface area contributed by atoms with Crippen molar-refractivity contribution in [1.82, 2.24) is 0 Å². The average molecular weight is 455 g/mol. The molecule has 1 unspecified atom stereocenters. The van der Waals surface area contributed by atoms with E-state index in [9.17, 15) is 20.0 Å². The van der Waals surface area contributed by atoms with Gasteiger partial charge in [0.25, 0.3) is 0 Å². The molecule has 8 heteroatoms. The number of nitriles is 1. The number of rotatable bonds is 4. The fourth-order valence-electron chi connectivity index (χ4n) is 4.20. The molecule has 3 aromatic rings. The molecular weight excluding hydrogens is 434 g/mol. The Kier molecular flexibility index (Phi) is 5.94. The maximum absolute atomic E-state index is 13.2. The molecule has 0 radical (unpaired) electrons. The van der Waals surface area contributed by atoms with E-state index in [0.717, 1.165) is 5.39 Å². The Morgan fingerprint density at radius 3 is 2.35 bits per heavy atom. The SMILES string of the molecule is COC(=O)C1=C(C(=O)OC)N(c2cccc3ccc(O)cc23)C(N)=C(C#N)C1c1ccccc1. The molecule has 0 saturated carbocycles. The lowest BCUT2D eigenvalue weighted by molar-refractivity contribution is -0.139. The molecule has 3 aromatic carbocycles. The standard InChI is InChI=1S/C26H21N3O5/c1-33-25(31)22-21(16-7-4-3-5-8-16)19(14-27)24(28)29(23(22)26(32)34-2)20-10-6-9-15-11-12-17(30)13-18(15)20/h3-13,21,30H,28H2,1-2H3. The number of carbonyl (C=O) groups is 2. The molecular formula is C26H21N3O5. The highest BCUT2D eigenvalue weighted by atomic mass is 16.5. The summed E-state index contributed by atoms with van der Waals surface area (Å²) in [4.78, 5) is 27.6. The van der Waals surface area contributed by atoms with Crippen LogP contribution in [-0.4, -0.2) is 31.3 Å². The quantitative estimate of drug-likeness (QED) is 0.573. The first kappa shape index (κ1) is 22.4. The van der Waals surface area contributed by atoms with E-state index in [-0.39, 0.29) is 28.4 Å². The summed E-state index contributed by atoms with van der Waals surface area (Å²) < 4.78 is 10.1. The van der Waals surface area contributed by atoms with Crippen molar-refractivity contribution in [3.05, 3.63) is 95.0 Å². The molecule has 1 aliphatic rings. The van der Waals surface area contributed by atoms with Gasteiger partial charge in [-0.1, -0.05) is 48.5 Å². The van der Waals surface area contributed by atoms with Crippen LogP contribution in [0.1, 0.15) is 11.5 Å². The monoisotopic (exact) mass is 455 g/mol. The Morgan fingerprint density at radius 2 is 1.71 bits per heavy atom. The summed E-state index contributed by atoms with van der Waals surface area (Å²) >= 11 is 0. The molecule has 0 aromatic heterocycles. The first-order valence-electron chi connectivity index (χ1n) is 10.3. The first-order chi connectivity index (χ1) is 16.4. The summed E-state index contributed by atoms with van der Waals surface area (Å²) in [5.41, 5.74) is 7.31. The number of phenolic OH excluding ortho intramolecular Hbond substituents is 1. The van der Waals surface area contributed by atoms with Crippen molar-refractivity contribution in [3.8, 4) is 11.8 Å². The van der Waals surface area contributed by atoms with Crippen LogP contribution in [-0.2, 0) is 19.1 Å². The maximum atomic E-state index is 13.2. The first-order valence-corrected chi connectivity index (χ1v) is 10.3. The second-order valence-electron chi connectivity index (χ2n) is 7.52. The van der Waals surface area contributed by atoms with E-state index in [1.54, 1.807) is 48.5 Å². The van der Waals surface area contributed by atoms with Gasteiger partial charge < -0.3 is 20.3 Å². The second kappa shape index (κ2) is 9.00. The Hall–Kier alpha value is -4.77. The summed E-state index contributed by atoms with van der Waals surface area (Å²) in [7, 11) is 2.38. The van der Waals surface area contributed by atoms with Crippen LogP contribution in [0.2, 0.25) is 0 Å². The van der Waals surface area contributed by atoms with E-state index >= 15 is 0 Å². The van der Waals surface area contributed by atoms with Gasteiger partial charge in [-0.05, 0) is 29.1 Å².